The molecular weight excluding hydrogens is 290 g/mol. The molecule has 0 amide bonds. The molecule has 6 nitrogen and oxygen atoms in total. The molecule has 4 heterocycles. The summed E-state index contributed by atoms with van der Waals surface area (Å²) < 4.78 is 9.73. The highest BCUT2D eigenvalue weighted by atomic mass is 16.3. The van der Waals surface area contributed by atoms with Gasteiger partial charge in [0.25, 0.3) is 0 Å². The average molecular weight is 303 g/mol. The lowest BCUT2D eigenvalue weighted by Crippen LogP contribution is -1.91. The van der Waals surface area contributed by atoms with E-state index in [0.29, 0.717) is 0 Å². The van der Waals surface area contributed by atoms with E-state index in [0.717, 1.165) is 39.1 Å². The second kappa shape index (κ2) is 4.36. The molecule has 0 saturated heterocycles. The van der Waals surface area contributed by atoms with Gasteiger partial charge < -0.3 is 18.5 Å². The molecule has 0 aliphatic carbocycles. The molecule has 4 aromatic heterocycles. The Labute approximate surface area is 131 Å². The highest BCUT2D eigenvalue weighted by Gasteiger charge is 2.18. The number of hydrogen-bond acceptors (Lipinski definition) is 3. The van der Waals surface area contributed by atoms with E-state index in [4.69, 9.17) is 4.42 Å². The van der Waals surface area contributed by atoms with Crippen LogP contribution in [0.1, 0.15) is 0 Å². The van der Waals surface area contributed by atoms with Crippen LogP contribution in [-0.2, 0) is 7.05 Å². The third kappa shape index (κ3) is 1.63. The number of rotatable bonds is 2. The fourth-order valence-electron chi connectivity index (χ4n) is 3.07. The van der Waals surface area contributed by atoms with Crippen LogP contribution in [0, 0.1) is 0 Å². The minimum absolute atomic E-state index is 0.750. The minimum atomic E-state index is 0.750. The van der Waals surface area contributed by atoms with E-state index in [1.54, 1.807) is 25.0 Å². The first kappa shape index (κ1) is 12.3. The lowest BCUT2D eigenvalue weighted by atomic mass is 10.2. The van der Waals surface area contributed by atoms with Gasteiger partial charge in [0.2, 0.25) is 0 Å². The summed E-state index contributed by atoms with van der Waals surface area (Å²) in [6.45, 7) is 0. The third-order valence-corrected chi connectivity index (χ3v) is 4.18. The van der Waals surface area contributed by atoms with Crippen molar-refractivity contribution in [3.63, 3.8) is 0 Å². The first-order valence-electron chi connectivity index (χ1n) is 7.31. The van der Waals surface area contributed by atoms with Crippen LogP contribution in [0.5, 0.6) is 0 Å². The van der Waals surface area contributed by atoms with E-state index in [1.807, 2.05) is 34.6 Å². The zero-order valence-corrected chi connectivity index (χ0v) is 12.4. The first-order chi connectivity index (χ1) is 11.3. The molecule has 0 aliphatic heterocycles. The van der Waals surface area contributed by atoms with Crippen LogP contribution in [0.15, 0.2) is 60.0 Å². The first-order valence-corrected chi connectivity index (χ1v) is 7.31. The Morgan fingerprint density at radius 3 is 2.83 bits per heavy atom. The molecule has 1 aromatic carbocycles. The van der Waals surface area contributed by atoms with Gasteiger partial charge in [-0.05, 0) is 6.07 Å². The largest absolute Gasteiger partial charge is 0.458 e. The number of aromatic nitrogens is 5. The van der Waals surface area contributed by atoms with Gasteiger partial charge in [-0.25, -0.2) is 9.97 Å². The highest BCUT2D eigenvalue weighted by molar-refractivity contribution is 6.12. The summed E-state index contributed by atoms with van der Waals surface area (Å²) in [6, 6.07) is 6.20. The van der Waals surface area contributed by atoms with Crippen molar-refractivity contribution in [1.29, 1.82) is 0 Å². The van der Waals surface area contributed by atoms with E-state index in [9.17, 15) is 0 Å². The van der Waals surface area contributed by atoms with Crippen LogP contribution in [0.3, 0.4) is 0 Å². The van der Waals surface area contributed by atoms with Gasteiger partial charge in [-0.15, -0.1) is 0 Å². The molecule has 5 rings (SSSR count). The van der Waals surface area contributed by atoms with Gasteiger partial charge in [0.1, 0.15) is 6.26 Å². The number of hydrogen-bond donors (Lipinski definition) is 1. The van der Waals surface area contributed by atoms with Crippen molar-refractivity contribution in [2.45, 2.75) is 0 Å². The second-order valence-corrected chi connectivity index (χ2v) is 5.51. The number of fused-ring (bicyclic) bond motifs is 3. The van der Waals surface area contributed by atoms with Crippen LogP contribution >= 0.6 is 0 Å². The predicted molar refractivity (Wildman–Crippen MR) is 87.4 cm³/mol. The maximum Gasteiger partial charge on any atom is 0.193 e. The number of nitrogens with one attached hydrogen (secondary N) is 1. The molecule has 0 spiro atoms. The highest BCUT2D eigenvalue weighted by Crippen LogP contribution is 2.36. The topological polar surface area (TPSA) is 64.6 Å². The van der Waals surface area contributed by atoms with Crippen LogP contribution in [0.25, 0.3) is 39.1 Å². The van der Waals surface area contributed by atoms with Crippen LogP contribution in [-0.4, -0.2) is 24.1 Å². The smallest absolute Gasteiger partial charge is 0.193 e. The lowest BCUT2D eigenvalue weighted by Gasteiger charge is -2.03. The Bertz CT molecular complexity index is 1130. The number of benzene rings is 1. The number of para-hydroxylation sites is 1. The van der Waals surface area contributed by atoms with Crippen LogP contribution < -0.4 is 0 Å². The maximum absolute atomic E-state index is 5.79. The number of aryl methyl sites for hydroxylation is 1. The van der Waals surface area contributed by atoms with Crippen molar-refractivity contribution in [3.8, 4) is 17.3 Å². The minimum Gasteiger partial charge on any atom is -0.458 e. The summed E-state index contributed by atoms with van der Waals surface area (Å²) in [5.74, 6) is 1.55. The van der Waals surface area contributed by atoms with Crippen LogP contribution in [0.2, 0.25) is 0 Å². The number of imidazole rings is 2. The lowest BCUT2D eigenvalue weighted by molar-refractivity contribution is 0.578. The van der Waals surface area contributed by atoms with Crippen LogP contribution in [0.4, 0.5) is 0 Å². The summed E-state index contributed by atoms with van der Waals surface area (Å²) >= 11 is 0. The maximum atomic E-state index is 5.79. The van der Waals surface area contributed by atoms with E-state index in [2.05, 4.69) is 27.1 Å². The van der Waals surface area contributed by atoms with E-state index < -0.39 is 0 Å². The summed E-state index contributed by atoms with van der Waals surface area (Å²) in [6.07, 6.45) is 11.0. The van der Waals surface area contributed by atoms with Gasteiger partial charge in [0.15, 0.2) is 11.6 Å². The van der Waals surface area contributed by atoms with Gasteiger partial charge in [0, 0.05) is 42.6 Å². The molecule has 0 aliphatic rings. The number of nitrogens with zero attached hydrogens (tertiary/aromatic N) is 4. The summed E-state index contributed by atoms with van der Waals surface area (Å²) in [4.78, 5) is 12.0. The van der Waals surface area contributed by atoms with Crippen molar-refractivity contribution in [1.82, 2.24) is 24.1 Å². The molecule has 1 N–H and O–H groups in total. The van der Waals surface area contributed by atoms with Crippen molar-refractivity contribution < 1.29 is 4.42 Å². The standard InChI is InChI=1S/C17H13N5O/c1-21-7-6-19-17(21)16-15-12(9-23-16)11-3-2-4-13(14(11)20-15)22-8-5-18-10-22/h2-10,20H,1H3. The Morgan fingerprint density at radius 1 is 1.09 bits per heavy atom. The molecule has 6 heteroatoms. The molecule has 0 unspecified atom stereocenters. The molecule has 23 heavy (non-hydrogen) atoms. The van der Waals surface area contributed by atoms with E-state index >= 15 is 0 Å². The Morgan fingerprint density at radius 2 is 2.04 bits per heavy atom. The van der Waals surface area contributed by atoms with Crippen molar-refractivity contribution in [3.05, 3.63) is 55.6 Å². The predicted octanol–water partition coefficient (Wildman–Crippen LogP) is 3.50. The zero-order valence-electron chi connectivity index (χ0n) is 12.4. The van der Waals surface area contributed by atoms with E-state index in [-0.39, 0.29) is 0 Å². The monoisotopic (exact) mass is 303 g/mol. The Balaban J connectivity index is 1.85. The van der Waals surface area contributed by atoms with Gasteiger partial charge in [0.05, 0.1) is 23.0 Å². The van der Waals surface area contributed by atoms with E-state index in [1.165, 1.54) is 0 Å². The van der Waals surface area contributed by atoms with Gasteiger partial charge >= 0.3 is 0 Å². The Hall–Kier alpha value is -3.28. The van der Waals surface area contributed by atoms with Gasteiger partial charge in [-0.3, -0.25) is 0 Å². The number of aromatic amines is 1. The van der Waals surface area contributed by atoms with Crippen molar-refractivity contribution in [2.24, 2.45) is 7.05 Å². The Kier molecular flexibility index (Phi) is 2.33. The molecule has 0 fully saturated rings. The number of H-pyrrole nitrogens is 1. The third-order valence-electron chi connectivity index (χ3n) is 4.18. The zero-order chi connectivity index (χ0) is 15.4. The van der Waals surface area contributed by atoms with Gasteiger partial charge in [-0.1, -0.05) is 12.1 Å². The molecule has 0 bridgehead atoms. The molecule has 0 atom stereocenters. The fourth-order valence-corrected chi connectivity index (χ4v) is 3.07. The number of furan rings is 1. The molecular formula is C17H13N5O. The van der Waals surface area contributed by atoms with Crippen molar-refractivity contribution in [2.75, 3.05) is 0 Å². The normalized spacial score (nSPS) is 11.7. The molecule has 112 valence electrons. The summed E-state index contributed by atoms with van der Waals surface area (Å²) in [7, 11) is 1.95. The second-order valence-electron chi connectivity index (χ2n) is 5.51. The average Bonchev–Trinajstić information content (AvgIpc) is 3.31. The fraction of sp³-hybridized carbons (Fsp3) is 0.0588. The molecule has 5 aromatic rings. The molecule has 0 radical (unpaired) electrons. The molecule has 0 saturated carbocycles. The van der Waals surface area contributed by atoms with Gasteiger partial charge in [-0.2, -0.15) is 0 Å². The summed E-state index contributed by atoms with van der Waals surface area (Å²) in [5, 5.41) is 2.18. The summed E-state index contributed by atoms with van der Waals surface area (Å²) in [5.41, 5.74) is 3.07. The quantitative estimate of drug-likeness (QED) is 0.543. The van der Waals surface area contributed by atoms with Crippen molar-refractivity contribution >= 4 is 21.8 Å². The SMILES string of the molecule is Cn1ccnc1-c1occ2c1[nH]c1c(-n3ccnc3)cccc12.